The number of hydrogen-bond donors (Lipinski definition) is 1. The molecule has 0 amide bonds. The summed E-state index contributed by atoms with van der Waals surface area (Å²) in [5.74, 6) is 0.0365. The first-order valence-corrected chi connectivity index (χ1v) is 7.04. The highest BCUT2D eigenvalue weighted by atomic mass is 79.9. The lowest BCUT2D eigenvalue weighted by Gasteiger charge is -2.09. The van der Waals surface area contributed by atoms with Gasteiger partial charge in [0.2, 0.25) is 0 Å². The highest BCUT2D eigenvalue weighted by molar-refractivity contribution is 9.10. The number of phenols is 1. The van der Waals surface area contributed by atoms with Crippen LogP contribution in [0, 0.1) is 0 Å². The van der Waals surface area contributed by atoms with Gasteiger partial charge in [0, 0.05) is 16.1 Å². The Balaban J connectivity index is 2.07. The third-order valence-corrected chi connectivity index (χ3v) is 3.89. The summed E-state index contributed by atoms with van der Waals surface area (Å²) in [7, 11) is 5.73. The van der Waals surface area contributed by atoms with Gasteiger partial charge in [-0.1, -0.05) is 57.8 Å². The Morgan fingerprint density at radius 2 is 1.85 bits per heavy atom. The van der Waals surface area contributed by atoms with Crippen molar-refractivity contribution in [3.05, 3.63) is 64.3 Å². The van der Waals surface area contributed by atoms with Gasteiger partial charge < -0.3 is 5.11 Å². The van der Waals surface area contributed by atoms with Crippen LogP contribution in [0.5, 0.6) is 5.75 Å². The number of aromatic nitrogens is 1. The van der Waals surface area contributed by atoms with Crippen molar-refractivity contribution in [3.8, 4) is 5.75 Å². The zero-order chi connectivity index (χ0) is 14.1. The molecule has 0 saturated carbocycles. The predicted molar refractivity (Wildman–Crippen MR) is 85.7 cm³/mol. The molecule has 2 radical (unpaired) electrons. The van der Waals surface area contributed by atoms with Crippen molar-refractivity contribution >= 4 is 40.1 Å². The number of halogens is 1. The molecule has 0 unspecified atom stereocenters. The number of phenolic OH excluding ortho intramolecular Hbond substituents is 1. The Hall–Kier alpha value is -1.81. The monoisotopic (exact) mass is 323 g/mol. The van der Waals surface area contributed by atoms with Gasteiger partial charge >= 0.3 is 0 Å². The van der Waals surface area contributed by atoms with E-state index in [-0.39, 0.29) is 5.75 Å². The van der Waals surface area contributed by atoms with Crippen molar-refractivity contribution in [1.82, 2.24) is 4.98 Å². The molecule has 1 N–H and O–H groups in total. The topological polar surface area (TPSA) is 33.1 Å². The minimum atomic E-state index is 0.0365. The van der Waals surface area contributed by atoms with Crippen LogP contribution in [-0.4, -0.2) is 17.9 Å². The molecule has 0 spiro atoms. The van der Waals surface area contributed by atoms with Crippen LogP contribution in [0.25, 0.3) is 10.9 Å². The van der Waals surface area contributed by atoms with Gasteiger partial charge in [0.1, 0.15) is 19.1 Å². The van der Waals surface area contributed by atoms with E-state index < -0.39 is 0 Å². The quantitative estimate of drug-likeness (QED) is 0.735. The number of fused-ring (bicyclic) bond motifs is 1. The normalized spacial score (nSPS) is 10.8. The Bertz CT molecular complexity index is 774. The molecular formula is C16H11BBrNO. The minimum absolute atomic E-state index is 0.0365. The lowest BCUT2D eigenvalue weighted by molar-refractivity contribution is 0.484. The van der Waals surface area contributed by atoms with Crippen molar-refractivity contribution in [2.75, 3.05) is 0 Å². The zero-order valence-corrected chi connectivity index (χ0v) is 12.3. The smallest absolute Gasteiger partial charge is 0.134 e. The van der Waals surface area contributed by atoms with Gasteiger partial charge in [-0.15, -0.1) is 0 Å². The second kappa shape index (κ2) is 5.29. The molecule has 0 aliphatic carbocycles. The van der Waals surface area contributed by atoms with E-state index in [1.54, 1.807) is 12.3 Å². The summed E-state index contributed by atoms with van der Waals surface area (Å²) < 4.78 is 0.838. The predicted octanol–water partition coefficient (Wildman–Crippen LogP) is 3.09. The highest BCUT2D eigenvalue weighted by Gasteiger charge is 2.09. The zero-order valence-electron chi connectivity index (χ0n) is 10.7. The first-order chi connectivity index (χ1) is 9.65. The van der Waals surface area contributed by atoms with E-state index in [1.165, 1.54) is 5.56 Å². The average molecular weight is 324 g/mol. The maximum atomic E-state index is 9.95. The number of nitrogens with zero attached hydrogens (tertiary/aromatic N) is 1. The summed E-state index contributed by atoms with van der Waals surface area (Å²) in [5, 5.41) is 10.8. The number of pyridine rings is 1. The number of benzene rings is 2. The van der Waals surface area contributed by atoms with Crippen LogP contribution in [0.3, 0.4) is 0 Å². The molecule has 0 saturated heterocycles. The molecule has 3 rings (SSSR count). The van der Waals surface area contributed by atoms with Gasteiger partial charge in [-0.2, -0.15) is 0 Å². The van der Waals surface area contributed by atoms with Gasteiger partial charge in [0.25, 0.3) is 0 Å². The van der Waals surface area contributed by atoms with Gasteiger partial charge in [-0.3, -0.25) is 4.98 Å². The summed E-state index contributed by atoms with van der Waals surface area (Å²) in [6.45, 7) is 0. The molecule has 0 aliphatic rings. The second-order valence-electron chi connectivity index (χ2n) is 4.70. The molecule has 96 valence electrons. The first kappa shape index (κ1) is 13.2. The first-order valence-electron chi connectivity index (χ1n) is 6.24. The maximum Gasteiger partial charge on any atom is 0.134 e. The van der Waals surface area contributed by atoms with E-state index in [2.05, 4.69) is 33.0 Å². The third-order valence-electron chi connectivity index (χ3n) is 3.23. The average Bonchev–Trinajstić information content (AvgIpc) is 2.46. The summed E-state index contributed by atoms with van der Waals surface area (Å²) in [6, 6.07) is 13.9. The maximum absolute atomic E-state index is 9.95. The lowest BCUT2D eigenvalue weighted by Crippen LogP contribution is -2.04. The second-order valence-corrected chi connectivity index (χ2v) is 5.55. The Kier molecular flexibility index (Phi) is 3.49. The molecule has 3 aromatic rings. The van der Waals surface area contributed by atoms with E-state index in [0.29, 0.717) is 11.0 Å². The summed E-state index contributed by atoms with van der Waals surface area (Å²) in [4.78, 5) is 4.34. The Labute approximate surface area is 127 Å². The molecule has 1 heterocycles. The molecule has 0 aliphatic heterocycles. The van der Waals surface area contributed by atoms with Crippen molar-refractivity contribution in [3.63, 3.8) is 0 Å². The van der Waals surface area contributed by atoms with Crippen molar-refractivity contribution < 1.29 is 5.11 Å². The van der Waals surface area contributed by atoms with Gasteiger partial charge in [0.15, 0.2) is 0 Å². The van der Waals surface area contributed by atoms with E-state index in [9.17, 15) is 5.11 Å². The van der Waals surface area contributed by atoms with Gasteiger partial charge in [-0.05, 0) is 23.6 Å². The summed E-state index contributed by atoms with van der Waals surface area (Å²) in [5.41, 5.74) is 3.17. The molecule has 0 fully saturated rings. The fraction of sp³-hybridized carbons (Fsp3) is 0.0625. The summed E-state index contributed by atoms with van der Waals surface area (Å²) >= 11 is 3.47. The molecule has 2 aromatic carbocycles. The largest absolute Gasteiger partial charge is 0.506 e. The molecule has 0 atom stereocenters. The number of rotatable bonds is 2. The van der Waals surface area contributed by atoms with Gasteiger partial charge in [0.05, 0.1) is 0 Å². The van der Waals surface area contributed by atoms with Crippen molar-refractivity contribution in [1.29, 1.82) is 0 Å². The van der Waals surface area contributed by atoms with Gasteiger partial charge in [-0.25, -0.2) is 0 Å². The van der Waals surface area contributed by atoms with Crippen molar-refractivity contribution in [2.45, 2.75) is 6.42 Å². The lowest BCUT2D eigenvalue weighted by atomic mass is 9.93. The van der Waals surface area contributed by atoms with E-state index in [1.807, 2.05) is 24.3 Å². The van der Waals surface area contributed by atoms with Crippen LogP contribution < -0.4 is 5.46 Å². The van der Waals surface area contributed by atoms with Crippen LogP contribution in [0.1, 0.15) is 11.1 Å². The molecular weight excluding hydrogens is 313 g/mol. The molecule has 1 aromatic heterocycles. The number of hydrogen-bond acceptors (Lipinski definition) is 2. The molecule has 20 heavy (non-hydrogen) atoms. The van der Waals surface area contributed by atoms with Crippen LogP contribution in [0.2, 0.25) is 0 Å². The van der Waals surface area contributed by atoms with Crippen molar-refractivity contribution in [2.24, 2.45) is 0 Å². The number of aromatic hydroxyl groups is 1. The fourth-order valence-corrected chi connectivity index (χ4v) is 2.78. The van der Waals surface area contributed by atoms with E-state index >= 15 is 0 Å². The standard InChI is InChI=1S/C16H11BBrNO/c17-13-8-14(18)12-7-11(9-19-15(12)16(13)20)6-10-4-2-1-3-5-10/h1-5,7-9,20H,6H2. The Morgan fingerprint density at radius 3 is 2.60 bits per heavy atom. The fourth-order valence-electron chi connectivity index (χ4n) is 2.23. The van der Waals surface area contributed by atoms with Crippen LogP contribution in [-0.2, 0) is 6.42 Å². The minimum Gasteiger partial charge on any atom is -0.506 e. The SMILES string of the molecule is [B]c1cc(Br)c2cc(Cc3ccccc3)cnc2c1O. The molecule has 4 heteroatoms. The molecule has 2 nitrogen and oxygen atoms in total. The Morgan fingerprint density at radius 1 is 1.10 bits per heavy atom. The summed E-state index contributed by atoms with van der Waals surface area (Å²) in [6.07, 6.45) is 2.59. The van der Waals surface area contributed by atoms with Crippen LogP contribution in [0.15, 0.2) is 53.1 Å². The highest BCUT2D eigenvalue weighted by Crippen LogP contribution is 2.28. The van der Waals surface area contributed by atoms with Crippen LogP contribution >= 0.6 is 15.9 Å². The third kappa shape index (κ3) is 2.43. The molecule has 0 bridgehead atoms. The van der Waals surface area contributed by atoms with E-state index in [4.69, 9.17) is 7.85 Å². The van der Waals surface area contributed by atoms with E-state index in [0.717, 1.165) is 21.8 Å². The van der Waals surface area contributed by atoms with Crippen LogP contribution in [0.4, 0.5) is 0 Å².